The third-order valence-corrected chi connectivity index (χ3v) is 4.96. The molecule has 138 valence electrons. The zero-order valence-corrected chi connectivity index (χ0v) is 15.5. The predicted molar refractivity (Wildman–Crippen MR) is 95.7 cm³/mol. The topological polar surface area (TPSA) is 96.2 Å². The van der Waals surface area contributed by atoms with Crippen LogP contribution in [0.15, 0.2) is 6.20 Å². The molecule has 2 aliphatic rings. The van der Waals surface area contributed by atoms with Gasteiger partial charge in [0.1, 0.15) is 17.7 Å². The van der Waals surface area contributed by atoms with E-state index in [-0.39, 0.29) is 23.8 Å². The molecule has 0 aliphatic carbocycles. The molecule has 9 nitrogen and oxygen atoms in total. The maximum absolute atomic E-state index is 12.3. The highest BCUT2D eigenvalue weighted by Crippen LogP contribution is 2.29. The van der Waals surface area contributed by atoms with Gasteiger partial charge in [-0.2, -0.15) is 5.10 Å². The summed E-state index contributed by atoms with van der Waals surface area (Å²) in [6.45, 7) is 7.85. The molecule has 2 aliphatic heterocycles. The Morgan fingerprint density at radius 3 is 2.69 bits per heavy atom. The SMILES string of the molecule is Cn1ncc2c(N3CCN4C(=O)CNC(=O)C4C3)nc(C(C)(C)C)nc21. The Bertz CT molecular complexity index is 898. The average molecular weight is 357 g/mol. The van der Waals surface area contributed by atoms with Gasteiger partial charge in [0.25, 0.3) is 0 Å². The van der Waals surface area contributed by atoms with Crippen LogP contribution in [0.4, 0.5) is 5.82 Å². The van der Waals surface area contributed by atoms with Crippen LogP contribution >= 0.6 is 0 Å². The van der Waals surface area contributed by atoms with Crippen LogP contribution in [0.1, 0.15) is 26.6 Å². The standard InChI is InChI=1S/C17H23N7O2/c1-17(2,3)16-20-13-10(7-19-22(13)4)14(21-16)23-5-6-24-11(9-23)15(26)18-8-12(24)25/h7,11H,5-6,8-9H2,1-4H3,(H,18,26). The van der Waals surface area contributed by atoms with Gasteiger partial charge in [-0.05, 0) is 0 Å². The Labute approximate surface area is 151 Å². The highest BCUT2D eigenvalue weighted by Gasteiger charge is 2.39. The minimum atomic E-state index is -0.482. The molecule has 2 saturated heterocycles. The lowest BCUT2D eigenvalue weighted by Gasteiger charge is -2.43. The number of aryl methyl sites for hydroxylation is 1. The summed E-state index contributed by atoms with van der Waals surface area (Å²) in [6.07, 6.45) is 1.76. The number of carbonyl (C=O) groups excluding carboxylic acids is 2. The Hall–Kier alpha value is -2.71. The van der Waals surface area contributed by atoms with Crippen LogP contribution < -0.4 is 10.2 Å². The summed E-state index contributed by atoms with van der Waals surface area (Å²) < 4.78 is 1.74. The zero-order valence-electron chi connectivity index (χ0n) is 15.5. The van der Waals surface area contributed by atoms with Gasteiger partial charge in [0.05, 0.1) is 18.1 Å². The van der Waals surface area contributed by atoms with Crippen LogP contribution in [0.2, 0.25) is 0 Å². The Morgan fingerprint density at radius 2 is 1.96 bits per heavy atom. The molecule has 2 fully saturated rings. The van der Waals surface area contributed by atoms with E-state index in [1.807, 2.05) is 7.05 Å². The fourth-order valence-corrected chi connectivity index (χ4v) is 3.46. The zero-order chi connectivity index (χ0) is 18.6. The first-order valence-electron chi connectivity index (χ1n) is 8.78. The molecule has 26 heavy (non-hydrogen) atoms. The highest BCUT2D eigenvalue weighted by molar-refractivity contribution is 5.96. The van der Waals surface area contributed by atoms with Crippen molar-refractivity contribution in [1.29, 1.82) is 0 Å². The first-order chi connectivity index (χ1) is 12.3. The van der Waals surface area contributed by atoms with E-state index in [1.165, 1.54) is 0 Å². The van der Waals surface area contributed by atoms with E-state index in [0.29, 0.717) is 19.6 Å². The number of aromatic nitrogens is 4. The molecule has 1 atom stereocenters. The number of amides is 2. The molecule has 2 aromatic rings. The summed E-state index contributed by atoms with van der Waals surface area (Å²) in [5, 5.41) is 7.86. The second-order valence-corrected chi connectivity index (χ2v) is 7.89. The number of nitrogens with zero attached hydrogens (tertiary/aromatic N) is 6. The lowest BCUT2D eigenvalue weighted by atomic mass is 9.95. The van der Waals surface area contributed by atoms with Crippen LogP contribution in [0.25, 0.3) is 11.0 Å². The maximum atomic E-state index is 12.3. The number of nitrogens with one attached hydrogen (secondary N) is 1. The molecule has 1 N–H and O–H groups in total. The highest BCUT2D eigenvalue weighted by atomic mass is 16.2. The van der Waals surface area contributed by atoms with Gasteiger partial charge < -0.3 is 15.1 Å². The fourth-order valence-electron chi connectivity index (χ4n) is 3.46. The second kappa shape index (κ2) is 5.65. The molecule has 0 saturated carbocycles. The van der Waals surface area contributed by atoms with Crippen molar-refractivity contribution in [2.45, 2.75) is 32.2 Å². The molecule has 2 amide bonds. The van der Waals surface area contributed by atoms with E-state index >= 15 is 0 Å². The number of hydrogen-bond acceptors (Lipinski definition) is 6. The van der Waals surface area contributed by atoms with E-state index < -0.39 is 6.04 Å². The quantitative estimate of drug-likeness (QED) is 0.760. The van der Waals surface area contributed by atoms with Crippen molar-refractivity contribution in [3.63, 3.8) is 0 Å². The van der Waals surface area contributed by atoms with Crippen molar-refractivity contribution in [3.8, 4) is 0 Å². The molecule has 1 unspecified atom stereocenters. The second-order valence-electron chi connectivity index (χ2n) is 7.89. The lowest BCUT2D eigenvalue weighted by molar-refractivity contribution is -0.146. The van der Waals surface area contributed by atoms with Gasteiger partial charge in [-0.15, -0.1) is 0 Å². The van der Waals surface area contributed by atoms with Crippen LogP contribution in [0.5, 0.6) is 0 Å². The molecule has 4 rings (SSSR count). The van der Waals surface area contributed by atoms with Gasteiger partial charge in [0.15, 0.2) is 5.65 Å². The summed E-state index contributed by atoms with van der Waals surface area (Å²) in [7, 11) is 1.86. The molecule has 2 aromatic heterocycles. The third kappa shape index (κ3) is 2.58. The van der Waals surface area contributed by atoms with Crippen molar-refractivity contribution in [2.75, 3.05) is 31.1 Å². The van der Waals surface area contributed by atoms with E-state index in [9.17, 15) is 9.59 Å². The fraction of sp³-hybridized carbons (Fsp3) is 0.588. The first-order valence-corrected chi connectivity index (χ1v) is 8.78. The molecule has 0 bridgehead atoms. The molecule has 4 heterocycles. The molecular formula is C17H23N7O2. The largest absolute Gasteiger partial charge is 0.352 e. The Balaban J connectivity index is 1.77. The normalized spacial score (nSPS) is 21.2. The number of fused-ring (bicyclic) bond motifs is 2. The van der Waals surface area contributed by atoms with E-state index in [4.69, 9.17) is 4.98 Å². The van der Waals surface area contributed by atoms with Crippen molar-refractivity contribution >= 4 is 28.7 Å². The number of carbonyl (C=O) groups is 2. The Morgan fingerprint density at radius 1 is 1.19 bits per heavy atom. The van der Waals surface area contributed by atoms with Crippen LogP contribution in [-0.2, 0) is 22.1 Å². The summed E-state index contributed by atoms with van der Waals surface area (Å²) in [5.74, 6) is 1.37. The van der Waals surface area contributed by atoms with Crippen molar-refractivity contribution in [2.24, 2.45) is 7.05 Å². The summed E-state index contributed by atoms with van der Waals surface area (Å²) in [4.78, 5) is 37.6. The van der Waals surface area contributed by atoms with Crippen LogP contribution in [0.3, 0.4) is 0 Å². The van der Waals surface area contributed by atoms with Crippen molar-refractivity contribution < 1.29 is 9.59 Å². The minimum absolute atomic E-state index is 0.0288. The smallest absolute Gasteiger partial charge is 0.245 e. The molecule has 9 heteroatoms. The van der Waals surface area contributed by atoms with E-state index in [2.05, 4.69) is 41.1 Å². The van der Waals surface area contributed by atoms with Gasteiger partial charge in [-0.25, -0.2) is 9.97 Å². The van der Waals surface area contributed by atoms with E-state index in [1.54, 1.807) is 15.8 Å². The maximum Gasteiger partial charge on any atom is 0.245 e. The van der Waals surface area contributed by atoms with Gasteiger partial charge in [0, 0.05) is 32.1 Å². The summed E-state index contributed by atoms with van der Waals surface area (Å²) in [5.41, 5.74) is 0.555. The van der Waals surface area contributed by atoms with Gasteiger partial charge in [0.2, 0.25) is 11.8 Å². The third-order valence-electron chi connectivity index (χ3n) is 4.96. The van der Waals surface area contributed by atoms with Gasteiger partial charge >= 0.3 is 0 Å². The van der Waals surface area contributed by atoms with Crippen LogP contribution in [0, 0.1) is 0 Å². The molecular weight excluding hydrogens is 334 g/mol. The van der Waals surface area contributed by atoms with E-state index in [0.717, 1.165) is 22.7 Å². The number of piperazine rings is 2. The number of hydrogen-bond donors (Lipinski definition) is 1. The minimum Gasteiger partial charge on any atom is -0.352 e. The van der Waals surface area contributed by atoms with Crippen molar-refractivity contribution in [1.82, 2.24) is 30.0 Å². The Kier molecular flexibility index (Phi) is 3.64. The molecule has 0 radical (unpaired) electrons. The van der Waals surface area contributed by atoms with Crippen molar-refractivity contribution in [3.05, 3.63) is 12.0 Å². The van der Waals surface area contributed by atoms with Gasteiger partial charge in [-0.3, -0.25) is 14.3 Å². The lowest BCUT2D eigenvalue weighted by Crippen LogP contribution is -2.66. The average Bonchev–Trinajstić information content (AvgIpc) is 2.98. The van der Waals surface area contributed by atoms with Gasteiger partial charge in [-0.1, -0.05) is 20.8 Å². The monoisotopic (exact) mass is 357 g/mol. The summed E-state index contributed by atoms with van der Waals surface area (Å²) in [6, 6.07) is -0.482. The molecule has 0 aromatic carbocycles. The first kappa shape index (κ1) is 16.7. The summed E-state index contributed by atoms with van der Waals surface area (Å²) >= 11 is 0. The van der Waals surface area contributed by atoms with Crippen LogP contribution in [-0.4, -0.2) is 68.7 Å². The number of rotatable bonds is 1. The predicted octanol–water partition coefficient (Wildman–Crippen LogP) is -0.192. The molecule has 0 spiro atoms. The number of anilines is 1.